The molecule has 38 heavy (non-hydrogen) atoms. The smallest absolute Gasteiger partial charge is 0.343 e. The third-order valence-corrected chi connectivity index (χ3v) is 6.09. The average molecular weight is 527 g/mol. The fourth-order valence-corrected chi connectivity index (χ4v) is 4.18. The number of ether oxygens (including phenoxy) is 1. The minimum Gasteiger partial charge on any atom is -0.488 e. The van der Waals surface area contributed by atoms with Crippen LogP contribution >= 0.6 is 11.6 Å². The van der Waals surface area contributed by atoms with Crippen molar-refractivity contribution in [3.8, 4) is 5.75 Å². The zero-order valence-corrected chi connectivity index (χ0v) is 20.6. The van der Waals surface area contributed by atoms with Crippen LogP contribution in [0.4, 0.5) is 20.6 Å². The molecule has 0 atom stereocenters. The van der Waals surface area contributed by atoms with Crippen LogP contribution in [0.5, 0.6) is 5.75 Å². The Morgan fingerprint density at radius 1 is 0.737 bits per heavy atom. The number of rotatable bonds is 6. The van der Waals surface area contributed by atoms with Crippen LogP contribution in [0.1, 0.15) is 11.1 Å². The SMILES string of the molecule is O=C1C(=Cc2cc(Cl)ccc2OCc2ccc(F)cc2)C(=O)N(c2ccccc2)C(=O)N1c1ccccc1. The number of anilines is 2. The van der Waals surface area contributed by atoms with Crippen molar-refractivity contribution in [1.82, 2.24) is 0 Å². The van der Waals surface area contributed by atoms with Gasteiger partial charge in [0.25, 0.3) is 11.8 Å². The maximum atomic E-state index is 13.6. The lowest BCUT2D eigenvalue weighted by atomic mass is 10.0. The van der Waals surface area contributed by atoms with Gasteiger partial charge in [-0.3, -0.25) is 9.59 Å². The first-order chi connectivity index (χ1) is 18.4. The van der Waals surface area contributed by atoms with Gasteiger partial charge >= 0.3 is 6.03 Å². The van der Waals surface area contributed by atoms with Crippen molar-refractivity contribution >= 4 is 46.9 Å². The fourth-order valence-electron chi connectivity index (χ4n) is 4.00. The molecule has 8 heteroatoms. The van der Waals surface area contributed by atoms with Crippen LogP contribution in [-0.2, 0) is 16.2 Å². The van der Waals surface area contributed by atoms with Gasteiger partial charge in [-0.1, -0.05) is 60.1 Å². The summed E-state index contributed by atoms with van der Waals surface area (Å²) in [7, 11) is 0. The molecule has 188 valence electrons. The van der Waals surface area contributed by atoms with Crippen LogP contribution in [-0.4, -0.2) is 17.8 Å². The predicted octanol–water partition coefficient (Wildman–Crippen LogP) is 6.64. The molecule has 6 nitrogen and oxygen atoms in total. The van der Waals surface area contributed by atoms with Crippen molar-refractivity contribution in [3.63, 3.8) is 0 Å². The van der Waals surface area contributed by atoms with E-state index in [4.69, 9.17) is 16.3 Å². The third kappa shape index (κ3) is 5.05. The van der Waals surface area contributed by atoms with Gasteiger partial charge in [-0.05, 0) is 66.2 Å². The van der Waals surface area contributed by atoms with Crippen LogP contribution in [0, 0.1) is 5.82 Å². The highest BCUT2D eigenvalue weighted by Gasteiger charge is 2.43. The number of urea groups is 1. The number of nitrogens with zero attached hydrogens (tertiary/aromatic N) is 2. The summed E-state index contributed by atoms with van der Waals surface area (Å²) in [4.78, 5) is 42.6. The Bertz CT molecular complexity index is 1480. The molecule has 1 aliphatic heterocycles. The second-order valence-electron chi connectivity index (χ2n) is 8.39. The first-order valence-electron chi connectivity index (χ1n) is 11.6. The molecule has 0 radical (unpaired) electrons. The van der Waals surface area contributed by atoms with Crippen molar-refractivity contribution in [2.75, 3.05) is 9.80 Å². The van der Waals surface area contributed by atoms with Crippen molar-refractivity contribution < 1.29 is 23.5 Å². The van der Waals surface area contributed by atoms with E-state index >= 15 is 0 Å². The zero-order valence-electron chi connectivity index (χ0n) is 19.9. The summed E-state index contributed by atoms with van der Waals surface area (Å²) in [6.45, 7) is 0.116. The van der Waals surface area contributed by atoms with E-state index in [1.54, 1.807) is 91.0 Å². The van der Waals surface area contributed by atoms with Gasteiger partial charge in [0.05, 0.1) is 11.4 Å². The normalized spacial score (nSPS) is 13.6. The third-order valence-electron chi connectivity index (χ3n) is 5.86. The standard InChI is InChI=1S/C30H20ClFN2O4/c31-22-13-16-27(38-19-20-11-14-23(32)15-12-20)21(17-22)18-26-28(35)33(24-7-3-1-4-8-24)30(37)34(29(26)36)25-9-5-2-6-10-25/h1-18H,19H2. The average Bonchev–Trinajstić information content (AvgIpc) is 2.93. The molecule has 0 spiro atoms. The molecular weight excluding hydrogens is 507 g/mol. The first-order valence-corrected chi connectivity index (χ1v) is 12.0. The number of halogens is 2. The predicted molar refractivity (Wildman–Crippen MR) is 143 cm³/mol. The number of imide groups is 2. The van der Waals surface area contributed by atoms with Gasteiger partial charge in [0, 0.05) is 10.6 Å². The summed E-state index contributed by atoms with van der Waals surface area (Å²) < 4.78 is 19.2. The van der Waals surface area contributed by atoms with Crippen molar-refractivity contribution in [3.05, 3.63) is 131 Å². The number of hydrogen-bond donors (Lipinski definition) is 0. The Kier molecular flexibility index (Phi) is 7.02. The zero-order chi connectivity index (χ0) is 26.6. The second kappa shape index (κ2) is 10.7. The molecule has 0 aliphatic carbocycles. The Morgan fingerprint density at radius 3 is 1.84 bits per heavy atom. The Hall–Kier alpha value is -4.75. The monoisotopic (exact) mass is 526 g/mol. The van der Waals surface area contributed by atoms with Gasteiger partial charge < -0.3 is 4.74 Å². The summed E-state index contributed by atoms with van der Waals surface area (Å²) in [5.41, 5.74) is 1.49. The van der Waals surface area contributed by atoms with E-state index in [9.17, 15) is 18.8 Å². The van der Waals surface area contributed by atoms with Crippen LogP contribution in [0.25, 0.3) is 6.08 Å². The van der Waals surface area contributed by atoms with E-state index in [-0.39, 0.29) is 18.0 Å². The van der Waals surface area contributed by atoms with Gasteiger partial charge in [-0.2, -0.15) is 0 Å². The molecule has 0 aromatic heterocycles. The molecule has 4 aromatic rings. The van der Waals surface area contributed by atoms with Gasteiger partial charge in [-0.25, -0.2) is 19.0 Å². The number of carbonyl (C=O) groups excluding carboxylic acids is 3. The molecule has 4 amide bonds. The molecule has 0 N–H and O–H groups in total. The Labute approximate surface area is 223 Å². The summed E-state index contributed by atoms with van der Waals surface area (Å²) in [6.07, 6.45) is 1.37. The summed E-state index contributed by atoms with van der Waals surface area (Å²) in [5.74, 6) is -1.56. The van der Waals surface area contributed by atoms with Crippen LogP contribution in [0.2, 0.25) is 5.02 Å². The quantitative estimate of drug-likeness (QED) is 0.209. The molecule has 1 saturated heterocycles. The largest absolute Gasteiger partial charge is 0.488 e. The second-order valence-corrected chi connectivity index (χ2v) is 8.83. The van der Waals surface area contributed by atoms with E-state index in [2.05, 4.69) is 0 Å². The summed E-state index contributed by atoms with van der Waals surface area (Å²) in [6, 6.07) is 26.6. The molecule has 0 bridgehead atoms. The first kappa shape index (κ1) is 24.9. The lowest BCUT2D eigenvalue weighted by Crippen LogP contribution is -2.57. The van der Waals surface area contributed by atoms with Gasteiger partial charge in [0.1, 0.15) is 23.7 Å². The topological polar surface area (TPSA) is 66.9 Å². The maximum absolute atomic E-state index is 13.6. The number of hydrogen-bond acceptors (Lipinski definition) is 4. The van der Waals surface area contributed by atoms with Crippen molar-refractivity contribution in [1.29, 1.82) is 0 Å². The van der Waals surface area contributed by atoms with Crippen molar-refractivity contribution in [2.45, 2.75) is 6.61 Å². The summed E-state index contributed by atoms with van der Waals surface area (Å²) in [5, 5.41) is 0.359. The van der Waals surface area contributed by atoms with E-state index < -0.39 is 17.8 Å². The Morgan fingerprint density at radius 2 is 1.29 bits per heavy atom. The highest BCUT2D eigenvalue weighted by atomic mass is 35.5. The lowest BCUT2D eigenvalue weighted by molar-refractivity contribution is -0.121. The molecule has 1 aliphatic rings. The van der Waals surface area contributed by atoms with Crippen LogP contribution in [0.3, 0.4) is 0 Å². The fraction of sp³-hybridized carbons (Fsp3) is 0.0333. The van der Waals surface area contributed by atoms with Gasteiger partial charge in [0.2, 0.25) is 0 Å². The lowest BCUT2D eigenvalue weighted by Gasteiger charge is -2.34. The van der Waals surface area contributed by atoms with Gasteiger partial charge in [0.15, 0.2) is 0 Å². The number of benzene rings is 4. The Balaban J connectivity index is 1.57. The highest BCUT2D eigenvalue weighted by molar-refractivity contribution is 6.46. The number of carbonyl (C=O) groups is 3. The summed E-state index contributed by atoms with van der Waals surface area (Å²) >= 11 is 6.24. The van der Waals surface area contributed by atoms with E-state index in [0.717, 1.165) is 15.4 Å². The van der Waals surface area contributed by atoms with E-state index in [1.807, 2.05) is 0 Å². The number of para-hydroxylation sites is 2. The minimum absolute atomic E-state index is 0.116. The molecule has 1 heterocycles. The molecular formula is C30H20ClFN2O4. The van der Waals surface area contributed by atoms with Crippen LogP contribution in [0.15, 0.2) is 109 Å². The van der Waals surface area contributed by atoms with Crippen molar-refractivity contribution in [2.24, 2.45) is 0 Å². The minimum atomic E-state index is -0.784. The van der Waals surface area contributed by atoms with E-state index in [1.165, 1.54) is 18.2 Å². The molecule has 0 saturated carbocycles. The number of barbiturate groups is 1. The number of amides is 4. The van der Waals surface area contributed by atoms with Gasteiger partial charge in [-0.15, -0.1) is 0 Å². The van der Waals surface area contributed by atoms with E-state index in [0.29, 0.717) is 27.7 Å². The maximum Gasteiger partial charge on any atom is 0.343 e. The molecule has 5 rings (SSSR count). The molecule has 1 fully saturated rings. The van der Waals surface area contributed by atoms with Crippen LogP contribution < -0.4 is 14.5 Å². The highest BCUT2D eigenvalue weighted by Crippen LogP contribution is 2.32. The molecule has 0 unspecified atom stereocenters. The molecule has 4 aromatic carbocycles.